The van der Waals surface area contributed by atoms with Gasteiger partial charge in [0.2, 0.25) is 17.7 Å². The largest absolute Gasteiger partial charge is 0.444 e. The fraction of sp³-hybridized carbons (Fsp3) is 0.675. The first-order valence-corrected chi connectivity index (χ1v) is 20.3. The first-order chi connectivity index (χ1) is 25.4. The number of likely N-dealkylation sites (tertiary alicyclic amines) is 2. The smallest absolute Gasteiger partial charge is 0.410 e. The summed E-state index contributed by atoms with van der Waals surface area (Å²) >= 11 is 1.59. The van der Waals surface area contributed by atoms with E-state index in [2.05, 4.69) is 25.4 Å². The normalized spacial score (nSPS) is 21.8. The van der Waals surface area contributed by atoms with E-state index < -0.39 is 29.2 Å². The Hall–Kier alpha value is -3.59. The molecule has 2 unspecified atom stereocenters. The summed E-state index contributed by atoms with van der Waals surface area (Å²) in [5.74, 6) is -0.413. The number of β-amino-alcohol motifs (C(OH)–C–C–N with tert-alkyl or cyclic N) is 1. The van der Waals surface area contributed by atoms with Gasteiger partial charge in [-0.3, -0.25) is 24.2 Å². The number of carbonyl (C=O) groups excluding carboxylic acids is 4. The second kappa shape index (κ2) is 17.5. The fourth-order valence-electron chi connectivity index (χ4n) is 7.56. The molecular formula is C40H61N7O6S. The third kappa shape index (κ3) is 11.0. The fourth-order valence-corrected chi connectivity index (χ4v) is 8.37. The Morgan fingerprint density at radius 1 is 0.944 bits per heavy atom. The molecule has 3 aliphatic heterocycles. The van der Waals surface area contributed by atoms with Crippen molar-refractivity contribution >= 4 is 35.2 Å². The summed E-state index contributed by atoms with van der Waals surface area (Å²) in [6.07, 6.45) is 0.981. The molecule has 0 saturated carbocycles. The van der Waals surface area contributed by atoms with Crippen LogP contribution in [-0.2, 0) is 19.1 Å². The van der Waals surface area contributed by atoms with Gasteiger partial charge in [0.15, 0.2) is 0 Å². The molecule has 3 fully saturated rings. The lowest BCUT2D eigenvalue weighted by atomic mass is 9.85. The van der Waals surface area contributed by atoms with Crippen molar-refractivity contribution in [3.05, 3.63) is 41.0 Å². The minimum absolute atomic E-state index is 0.0280. The van der Waals surface area contributed by atoms with Crippen LogP contribution >= 0.6 is 11.3 Å². The molecule has 0 radical (unpaired) electrons. The van der Waals surface area contributed by atoms with Gasteiger partial charge in [0, 0.05) is 45.7 Å². The third-order valence-corrected chi connectivity index (χ3v) is 11.7. The molecule has 0 spiro atoms. The molecule has 4 heterocycles. The maximum absolute atomic E-state index is 14.1. The van der Waals surface area contributed by atoms with E-state index in [0.717, 1.165) is 67.3 Å². The number of aromatic nitrogens is 1. The van der Waals surface area contributed by atoms with Gasteiger partial charge in [-0.25, -0.2) is 9.78 Å². The highest BCUT2D eigenvalue weighted by molar-refractivity contribution is 7.13. The molecule has 3 aliphatic rings. The lowest BCUT2D eigenvalue weighted by Crippen LogP contribution is -2.59. The predicted molar refractivity (Wildman–Crippen MR) is 210 cm³/mol. The molecule has 13 nitrogen and oxygen atoms in total. The average molecular weight is 768 g/mol. The zero-order valence-electron chi connectivity index (χ0n) is 33.4. The monoisotopic (exact) mass is 767 g/mol. The van der Waals surface area contributed by atoms with Crippen LogP contribution < -0.4 is 10.6 Å². The predicted octanol–water partition coefficient (Wildman–Crippen LogP) is 4.05. The average Bonchev–Trinajstić information content (AvgIpc) is 3.72. The van der Waals surface area contributed by atoms with Gasteiger partial charge in [-0.2, -0.15) is 0 Å². The Balaban J connectivity index is 1.10. The third-order valence-electron chi connectivity index (χ3n) is 10.7. The molecule has 0 bridgehead atoms. The van der Waals surface area contributed by atoms with Gasteiger partial charge in [0.1, 0.15) is 17.7 Å². The number of aryl methyl sites for hydroxylation is 1. The van der Waals surface area contributed by atoms with Crippen LogP contribution in [0.2, 0.25) is 0 Å². The van der Waals surface area contributed by atoms with Crippen molar-refractivity contribution in [2.45, 2.75) is 104 Å². The molecular weight excluding hydrogens is 707 g/mol. The van der Waals surface area contributed by atoms with Gasteiger partial charge in [0.25, 0.3) is 0 Å². The number of ether oxygens (including phenoxy) is 1. The summed E-state index contributed by atoms with van der Waals surface area (Å²) in [7, 11) is 0. The van der Waals surface area contributed by atoms with Crippen LogP contribution in [0.4, 0.5) is 4.79 Å². The molecule has 14 heteroatoms. The highest BCUT2D eigenvalue weighted by Gasteiger charge is 2.45. The molecule has 54 heavy (non-hydrogen) atoms. The van der Waals surface area contributed by atoms with Gasteiger partial charge in [0.05, 0.1) is 34.8 Å². The number of piperidine rings is 1. The number of amides is 4. The molecule has 1 aromatic heterocycles. The Bertz CT molecular complexity index is 1600. The van der Waals surface area contributed by atoms with E-state index >= 15 is 0 Å². The standard InChI is InChI=1S/C40H61N7O6S/c1-26(29-9-11-30(12-10-29)34-27(2)41-25-54-34)42-36(50)32-21-31(48)23-47(32)37(51)35(39(3,4)5)43-33(49)24-44-15-13-28(14-16-44)22-45-17-19-46(20-18-45)38(52)53-40(6,7)8/h9-12,25-26,28,31-32,35,48H,13-24H2,1-8H3,(H,42,50)(H,43,49)/t26?,31-,32+,35?/m1/s1. The van der Waals surface area contributed by atoms with Crippen molar-refractivity contribution in [1.29, 1.82) is 0 Å². The number of piperazine rings is 1. The maximum Gasteiger partial charge on any atom is 0.410 e. The van der Waals surface area contributed by atoms with E-state index in [1.807, 2.05) is 85.2 Å². The van der Waals surface area contributed by atoms with Crippen LogP contribution in [0.3, 0.4) is 0 Å². The number of aliphatic hydroxyl groups is 1. The first-order valence-electron chi connectivity index (χ1n) is 19.4. The Morgan fingerprint density at radius 3 is 2.17 bits per heavy atom. The molecule has 4 amide bonds. The molecule has 298 valence electrons. The molecule has 0 aliphatic carbocycles. The minimum Gasteiger partial charge on any atom is -0.444 e. The van der Waals surface area contributed by atoms with Crippen LogP contribution in [0.15, 0.2) is 29.8 Å². The van der Waals surface area contributed by atoms with Crippen molar-refractivity contribution in [2.24, 2.45) is 11.3 Å². The highest BCUT2D eigenvalue weighted by atomic mass is 32.1. The summed E-state index contributed by atoms with van der Waals surface area (Å²) < 4.78 is 5.53. The molecule has 4 atom stereocenters. The number of hydrogen-bond donors (Lipinski definition) is 3. The SMILES string of the molecule is Cc1ncsc1-c1ccc(C(C)NC(=O)[C@@H]2C[C@@H](O)CN2C(=O)C(NC(=O)CN2CCC(CN3CCN(C(=O)OC(C)(C)C)CC3)CC2)C(C)(C)C)cc1. The van der Waals surface area contributed by atoms with E-state index in [9.17, 15) is 24.3 Å². The van der Waals surface area contributed by atoms with Gasteiger partial charge in [-0.05, 0) is 83.0 Å². The van der Waals surface area contributed by atoms with Crippen molar-refractivity contribution in [1.82, 2.24) is 35.2 Å². The topological polar surface area (TPSA) is 148 Å². The summed E-state index contributed by atoms with van der Waals surface area (Å²) in [4.78, 5) is 66.9. The van der Waals surface area contributed by atoms with E-state index in [-0.39, 0.29) is 49.4 Å². The van der Waals surface area contributed by atoms with Gasteiger partial charge in [-0.15, -0.1) is 11.3 Å². The second-order valence-electron chi connectivity index (χ2n) is 17.4. The number of aliphatic hydroxyl groups excluding tert-OH is 1. The number of rotatable bonds is 10. The Kier molecular flexibility index (Phi) is 13.5. The summed E-state index contributed by atoms with van der Waals surface area (Å²) in [5.41, 5.74) is 3.66. The number of thiazole rings is 1. The Labute approximate surface area is 324 Å². The second-order valence-corrected chi connectivity index (χ2v) is 18.2. The maximum atomic E-state index is 14.1. The number of benzene rings is 1. The molecule has 3 saturated heterocycles. The lowest BCUT2D eigenvalue weighted by Gasteiger charge is -2.39. The van der Waals surface area contributed by atoms with Crippen LogP contribution in [-0.4, -0.2) is 136 Å². The van der Waals surface area contributed by atoms with E-state index in [0.29, 0.717) is 19.0 Å². The van der Waals surface area contributed by atoms with Gasteiger partial charge in [-0.1, -0.05) is 45.0 Å². The van der Waals surface area contributed by atoms with Crippen molar-refractivity contribution in [3.8, 4) is 10.4 Å². The van der Waals surface area contributed by atoms with Crippen molar-refractivity contribution < 1.29 is 29.0 Å². The zero-order chi connectivity index (χ0) is 39.4. The summed E-state index contributed by atoms with van der Waals surface area (Å²) in [5, 5.41) is 16.7. The van der Waals surface area contributed by atoms with Gasteiger partial charge < -0.3 is 30.3 Å². The quantitative estimate of drug-likeness (QED) is 0.326. The van der Waals surface area contributed by atoms with Crippen LogP contribution in [0.25, 0.3) is 10.4 Å². The molecule has 3 N–H and O–H groups in total. The number of nitrogens with one attached hydrogen (secondary N) is 2. The van der Waals surface area contributed by atoms with Crippen LogP contribution in [0.5, 0.6) is 0 Å². The number of nitrogens with zero attached hydrogens (tertiary/aromatic N) is 5. The zero-order valence-corrected chi connectivity index (χ0v) is 34.2. The van der Waals surface area contributed by atoms with E-state index in [4.69, 9.17) is 4.74 Å². The molecule has 2 aromatic rings. The first kappa shape index (κ1) is 41.6. The molecule has 5 rings (SSSR count). The van der Waals surface area contributed by atoms with E-state index in [1.165, 1.54) is 4.90 Å². The number of hydrogen-bond acceptors (Lipinski definition) is 10. The summed E-state index contributed by atoms with van der Waals surface area (Å²) in [6, 6.07) is 5.96. The highest BCUT2D eigenvalue weighted by Crippen LogP contribution is 2.30. The van der Waals surface area contributed by atoms with Crippen LogP contribution in [0.1, 0.15) is 85.0 Å². The van der Waals surface area contributed by atoms with Gasteiger partial charge >= 0.3 is 6.09 Å². The minimum atomic E-state index is -0.873. The Morgan fingerprint density at radius 2 is 1.59 bits per heavy atom. The van der Waals surface area contributed by atoms with E-state index in [1.54, 1.807) is 16.2 Å². The lowest BCUT2D eigenvalue weighted by molar-refractivity contribution is -0.144. The van der Waals surface area contributed by atoms with Crippen molar-refractivity contribution in [3.63, 3.8) is 0 Å². The molecule has 1 aromatic carbocycles. The van der Waals surface area contributed by atoms with Crippen molar-refractivity contribution in [2.75, 3.05) is 58.9 Å². The summed E-state index contributed by atoms with van der Waals surface area (Å²) in [6.45, 7) is 20.9. The van der Waals surface area contributed by atoms with Crippen LogP contribution in [0, 0.1) is 18.3 Å². The number of carbonyl (C=O) groups is 4.